The van der Waals surface area contributed by atoms with Gasteiger partial charge in [-0.3, -0.25) is 20.4 Å². The molecule has 9 nitrogen and oxygen atoms in total. The van der Waals surface area contributed by atoms with Gasteiger partial charge in [-0.1, -0.05) is 18.2 Å². The molecular weight excluding hydrogens is 396 g/mol. The van der Waals surface area contributed by atoms with Crippen molar-refractivity contribution >= 4 is 33.4 Å². The predicted molar refractivity (Wildman–Crippen MR) is 107 cm³/mol. The van der Waals surface area contributed by atoms with E-state index in [9.17, 15) is 22.8 Å². The van der Waals surface area contributed by atoms with Gasteiger partial charge in [0.25, 0.3) is 0 Å². The normalized spacial score (nSPS) is 23.2. The van der Waals surface area contributed by atoms with Crippen LogP contribution in [0.1, 0.15) is 25.7 Å². The molecule has 3 rings (SSSR count). The van der Waals surface area contributed by atoms with Crippen molar-refractivity contribution in [3.05, 3.63) is 30.3 Å². The van der Waals surface area contributed by atoms with E-state index in [-0.39, 0.29) is 42.3 Å². The number of sulfone groups is 1. The SMILES string of the molecule is O=C(C[C@@H]1CCS(=O)(=O)C1)NNC(=O)[C@@H]1CCCN(C(=O)Nc2ccccc2)C1. The topological polar surface area (TPSA) is 125 Å². The molecule has 0 radical (unpaired) electrons. The molecule has 2 atom stereocenters. The Bertz CT molecular complexity index is 859. The van der Waals surface area contributed by atoms with Gasteiger partial charge in [0.1, 0.15) is 0 Å². The van der Waals surface area contributed by atoms with E-state index in [2.05, 4.69) is 16.2 Å². The zero-order chi connectivity index (χ0) is 20.9. The first-order valence-electron chi connectivity index (χ1n) is 9.72. The second-order valence-corrected chi connectivity index (χ2v) is 9.82. The molecule has 3 N–H and O–H groups in total. The van der Waals surface area contributed by atoms with E-state index in [4.69, 9.17) is 0 Å². The molecule has 0 spiro atoms. The van der Waals surface area contributed by atoms with E-state index in [1.807, 2.05) is 18.2 Å². The molecule has 1 aromatic carbocycles. The number of benzene rings is 1. The molecule has 0 aliphatic carbocycles. The Morgan fingerprint density at radius 1 is 1.07 bits per heavy atom. The molecule has 2 aliphatic heterocycles. The van der Waals surface area contributed by atoms with E-state index in [0.29, 0.717) is 31.5 Å². The van der Waals surface area contributed by atoms with Crippen LogP contribution in [-0.2, 0) is 19.4 Å². The minimum absolute atomic E-state index is 0.0163. The van der Waals surface area contributed by atoms with Crippen LogP contribution in [0.4, 0.5) is 10.5 Å². The number of piperidine rings is 1. The number of carbonyl (C=O) groups excluding carboxylic acids is 3. The fourth-order valence-corrected chi connectivity index (χ4v) is 5.54. The summed E-state index contributed by atoms with van der Waals surface area (Å²) >= 11 is 0. The number of para-hydroxylation sites is 1. The van der Waals surface area contributed by atoms with E-state index >= 15 is 0 Å². The van der Waals surface area contributed by atoms with Gasteiger partial charge in [-0.2, -0.15) is 0 Å². The number of urea groups is 1. The number of carbonyl (C=O) groups is 3. The number of hydrazine groups is 1. The summed E-state index contributed by atoms with van der Waals surface area (Å²) < 4.78 is 22.9. The van der Waals surface area contributed by atoms with Gasteiger partial charge in [-0.15, -0.1) is 0 Å². The van der Waals surface area contributed by atoms with Crippen LogP contribution in [0.15, 0.2) is 30.3 Å². The smallest absolute Gasteiger partial charge is 0.321 e. The summed E-state index contributed by atoms with van der Waals surface area (Å²) in [6.45, 7) is 0.826. The quantitative estimate of drug-likeness (QED) is 0.622. The molecule has 0 bridgehead atoms. The van der Waals surface area contributed by atoms with Gasteiger partial charge in [0.2, 0.25) is 11.8 Å². The highest BCUT2D eigenvalue weighted by Crippen LogP contribution is 2.21. The Morgan fingerprint density at radius 3 is 2.52 bits per heavy atom. The summed E-state index contributed by atoms with van der Waals surface area (Å²) in [6, 6.07) is 8.82. The van der Waals surface area contributed by atoms with Crippen LogP contribution in [0, 0.1) is 11.8 Å². The van der Waals surface area contributed by atoms with Gasteiger partial charge in [0.05, 0.1) is 17.4 Å². The molecule has 0 unspecified atom stereocenters. The molecular formula is C19H26N4O5S. The number of rotatable bonds is 4. The van der Waals surface area contributed by atoms with Crippen LogP contribution < -0.4 is 16.2 Å². The second kappa shape index (κ2) is 9.25. The van der Waals surface area contributed by atoms with Gasteiger partial charge < -0.3 is 10.2 Å². The average molecular weight is 423 g/mol. The molecule has 2 fully saturated rings. The first-order valence-corrected chi connectivity index (χ1v) is 11.5. The maximum Gasteiger partial charge on any atom is 0.321 e. The number of nitrogens with one attached hydrogen (secondary N) is 3. The minimum atomic E-state index is -3.04. The van der Waals surface area contributed by atoms with Gasteiger partial charge in [0, 0.05) is 25.2 Å². The van der Waals surface area contributed by atoms with E-state index in [1.165, 1.54) is 0 Å². The number of likely N-dealkylation sites (tertiary alicyclic amines) is 1. The molecule has 29 heavy (non-hydrogen) atoms. The Morgan fingerprint density at radius 2 is 1.83 bits per heavy atom. The van der Waals surface area contributed by atoms with Crippen molar-refractivity contribution in [2.45, 2.75) is 25.7 Å². The lowest BCUT2D eigenvalue weighted by molar-refractivity contribution is -0.132. The summed E-state index contributed by atoms with van der Waals surface area (Å²) in [7, 11) is -3.04. The Labute approximate surface area is 170 Å². The van der Waals surface area contributed by atoms with Crippen molar-refractivity contribution in [1.29, 1.82) is 0 Å². The molecule has 10 heteroatoms. The maximum atomic E-state index is 12.4. The first kappa shape index (κ1) is 21.1. The summed E-state index contributed by atoms with van der Waals surface area (Å²) in [5.41, 5.74) is 5.46. The fourth-order valence-electron chi connectivity index (χ4n) is 3.68. The molecule has 4 amide bonds. The third kappa shape index (κ3) is 6.18. The second-order valence-electron chi connectivity index (χ2n) is 7.59. The van der Waals surface area contributed by atoms with Gasteiger partial charge in [-0.05, 0) is 37.3 Å². The van der Waals surface area contributed by atoms with Crippen LogP contribution >= 0.6 is 0 Å². The average Bonchev–Trinajstić information content (AvgIpc) is 3.05. The Balaban J connectivity index is 1.43. The standard InChI is InChI=1S/C19H26N4O5S/c24-17(11-14-8-10-29(27,28)13-14)21-22-18(25)15-5-4-9-23(12-15)19(26)20-16-6-2-1-3-7-16/h1-3,6-7,14-15H,4-5,8-13H2,(H,20,26)(H,21,24)(H,22,25)/t14-,15+/m0/s1. The van der Waals surface area contributed by atoms with Gasteiger partial charge in [0.15, 0.2) is 9.84 Å². The summed E-state index contributed by atoms with van der Waals surface area (Å²) in [4.78, 5) is 38.4. The van der Waals surface area contributed by atoms with Crippen molar-refractivity contribution in [2.75, 3.05) is 29.9 Å². The highest BCUT2D eigenvalue weighted by molar-refractivity contribution is 7.91. The summed E-state index contributed by atoms with van der Waals surface area (Å²) in [5, 5.41) is 2.80. The van der Waals surface area contributed by atoms with Crippen molar-refractivity contribution in [3.63, 3.8) is 0 Å². The number of anilines is 1. The van der Waals surface area contributed by atoms with Gasteiger partial charge >= 0.3 is 6.03 Å². The lowest BCUT2D eigenvalue weighted by Crippen LogP contribution is -2.50. The third-order valence-electron chi connectivity index (χ3n) is 5.23. The number of hydrogen-bond donors (Lipinski definition) is 3. The van der Waals surface area contributed by atoms with Crippen LogP contribution in [0.2, 0.25) is 0 Å². The highest BCUT2D eigenvalue weighted by atomic mass is 32.2. The highest BCUT2D eigenvalue weighted by Gasteiger charge is 2.31. The van der Waals surface area contributed by atoms with Crippen LogP contribution in [0.3, 0.4) is 0 Å². The van der Waals surface area contributed by atoms with E-state index in [1.54, 1.807) is 17.0 Å². The zero-order valence-corrected chi connectivity index (χ0v) is 16.9. The molecule has 1 aromatic rings. The lowest BCUT2D eigenvalue weighted by atomic mass is 9.97. The largest absolute Gasteiger partial charge is 0.324 e. The fraction of sp³-hybridized carbons (Fsp3) is 0.526. The Kier molecular flexibility index (Phi) is 6.73. The molecule has 2 saturated heterocycles. The van der Waals surface area contributed by atoms with Crippen LogP contribution in [-0.4, -0.2) is 55.8 Å². The predicted octanol–water partition coefficient (Wildman–Crippen LogP) is 0.903. The molecule has 0 aromatic heterocycles. The van der Waals surface area contributed by atoms with E-state index in [0.717, 1.165) is 0 Å². The van der Waals surface area contributed by atoms with E-state index < -0.39 is 21.7 Å². The van der Waals surface area contributed by atoms with Gasteiger partial charge in [-0.25, -0.2) is 13.2 Å². The molecule has 0 saturated carbocycles. The van der Waals surface area contributed by atoms with Crippen molar-refractivity contribution < 1.29 is 22.8 Å². The summed E-state index contributed by atoms with van der Waals surface area (Å²) in [6.07, 6.45) is 1.85. The molecule has 2 aliphatic rings. The minimum Gasteiger partial charge on any atom is -0.324 e. The number of hydrogen-bond acceptors (Lipinski definition) is 5. The van der Waals surface area contributed by atoms with Crippen molar-refractivity contribution in [3.8, 4) is 0 Å². The first-order chi connectivity index (χ1) is 13.8. The monoisotopic (exact) mass is 422 g/mol. The molecule has 2 heterocycles. The maximum absolute atomic E-state index is 12.4. The lowest BCUT2D eigenvalue weighted by Gasteiger charge is -2.32. The van der Waals surface area contributed by atoms with Crippen LogP contribution in [0.5, 0.6) is 0 Å². The van der Waals surface area contributed by atoms with Crippen molar-refractivity contribution in [1.82, 2.24) is 15.8 Å². The number of nitrogens with zero attached hydrogens (tertiary/aromatic N) is 1. The summed E-state index contributed by atoms with van der Waals surface area (Å²) in [5.74, 6) is -1.26. The Hall–Kier alpha value is -2.62. The van der Waals surface area contributed by atoms with Crippen LogP contribution in [0.25, 0.3) is 0 Å². The zero-order valence-electron chi connectivity index (χ0n) is 16.1. The number of amides is 4. The third-order valence-corrected chi connectivity index (χ3v) is 7.07. The van der Waals surface area contributed by atoms with Crippen molar-refractivity contribution in [2.24, 2.45) is 11.8 Å². The molecule has 158 valence electrons.